The molecular formula is C17H18O2Si. The molecule has 0 amide bonds. The molecule has 0 atom stereocenters. The van der Waals surface area contributed by atoms with Crippen LogP contribution in [0.2, 0.25) is 13.1 Å². The first-order valence-corrected chi connectivity index (χ1v) is 9.58. The van der Waals surface area contributed by atoms with Crippen molar-refractivity contribution in [3.05, 3.63) is 72.3 Å². The Hall–Kier alpha value is -2.13. The van der Waals surface area contributed by atoms with Gasteiger partial charge in [0.15, 0.2) is 0 Å². The average molecular weight is 282 g/mol. The van der Waals surface area contributed by atoms with Crippen LogP contribution in [0.3, 0.4) is 0 Å². The Morgan fingerprint density at radius 2 is 1.45 bits per heavy atom. The zero-order chi connectivity index (χ0) is 14.6. The second kappa shape index (κ2) is 5.88. The van der Waals surface area contributed by atoms with E-state index < -0.39 is 14.0 Å². The van der Waals surface area contributed by atoms with Gasteiger partial charge in [-0.2, -0.15) is 0 Å². The van der Waals surface area contributed by atoms with Gasteiger partial charge >= 0.3 is 5.97 Å². The van der Waals surface area contributed by atoms with Gasteiger partial charge in [0.05, 0.1) is 0 Å². The van der Waals surface area contributed by atoms with Gasteiger partial charge in [-0.05, 0) is 10.8 Å². The summed E-state index contributed by atoms with van der Waals surface area (Å²) < 4.78 is 0. The largest absolute Gasteiger partial charge is 0.478 e. The van der Waals surface area contributed by atoms with Gasteiger partial charge in [0, 0.05) is 6.08 Å². The van der Waals surface area contributed by atoms with Crippen LogP contribution in [0.4, 0.5) is 0 Å². The fraction of sp³-hybridized carbons (Fsp3) is 0.118. The molecule has 2 nitrogen and oxygen atoms in total. The van der Waals surface area contributed by atoms with Gasteiger partial charge < -0.3 is 5.11 Å². The predicted molar refractivity (Wildman–Crippen MR) is 85.6 cm³/mol. The molecule has 2 aromatic rings. The molecule has 20 heavy (non-hydrogen) atoms. The monoisotopic (exact) mass is 282 g/mol. The summed E-state index contributed by atoms with van der Waals surface area (Å²) >= 11 is 0. The molecule has 0 unspecified atom stereocenters. The van der Waals surface area contributed by atoms with Crippen LogP contribution >= 0.6 is 0 Å². The molecule has 0 saturated carbocycles. The third-order valence-corrected chi connectivity index (χ3v) is 7.08. The molecule has 0 fully saturated rings. The summed E-state index contributed by atoms with van der Waals surface area (Å²) in [6.45, 7) is 4.37. The van der Waals surface area contributed by atoms with Crippen molar-refractivity contribution in [3.8, 4) is 0 Å². The molecule has 0 radical (unpaired) electrons. The van der Waals surface area contributed by atoms with Crippen molar-refractivity contribution < 1.29 is 9.90 Å². The van der Waals surface area contributed by atoms with Crippen LogP contribution in [-0.4, -0.2) is 19.1 Å². The minimum atomic E-state index is -2.03. The van der Waals surface area contributed by atoms with Crippen molar-refractivity contribution in [2.45, 2.75) is 13.1 Å². The first kappa shape index (κ1) is 14.3. The summed E-state index contributed by atoms with van der Waals surface area (Å²) in [5.74, 6) is -0.889. The quantitative estimate of drug-likeness (QED) is 0.690. The van der Waals surface area contributed by atoms with E-state index in [0.717, 1.165) is 10.8 Å². The summed E-state index contributed by atoms with van der Waals surface area (Å²) in [5, 5.41) is 11.4. The number of benzene rings is 2. The third kappa shape index (κ3) is 3.06. The number of carboxylic acid groups (broad SMARTS) is 1. The van der Waals surface area contributed by atoms with Crippen molar-refractivity contribution >= 4 is 24.4 Å². The van der Waals surface area contributed by atoms with E-state index in [1.807, 2.05) is 48.5 Å². The van der Waals surface area contributed by atoms with E-state index in [1.165, 1.54) is 11.3 Å². The second-order valence-electron chi connectivity index (χ2n) is 5.25. The fourth-order valence-electron chi connectivity index (χ4n) is 2.38. The molecule has 2 rings (SSSR count). The summed E-state index contributed by atoms with van der Waals surface area (Å²) in [4.78, 5) is 11.2. The van der Waals surface area contributed by atoms with Crippen LogP contribution in [0.5, 0.6) is 0 Å². The van der Waals surface area contributed by atoms with Gasteiger partial charge in [0.25, 0.3) is 0 Å². The summed E-state index contributed by atoms with van der Waals surface area (Å²) in [6.07, 6.45) is 1.37. The van der Waals surface area contributed by atoms with E-state index in [1.54, 1.807) is 0 Å². The van der Waals surface area contributed by atoms with Crippen LogP contribution in [0.15, 0.2) is 66.7 Å². The van der Waals surface area contributed by atoms with Crippen LogP contribution in [0.25, 0.3) is 5.20 Å². The van der Waals surface area contributed by atoms with Crippen molar-refractivity contribution in [3.63, 3.8) is 0 Å². The molecule has 3 heteroatoms. The van der Waals surface area contributed by atoms with E-state index in [2.05, 4.69) is 25.2 Å². The third-order valence-electron chi connectivity index (χ3n) is 3.52. The van der Waals surface area contributed by atoms with E-state index >= 15 is 0 Å². The van der Waals surface area contributed by atoms with Crippen molar-refractivity contribution in [2.75, 3.05) is 0 Å². The molecule has 0 aliphatic heterocycles. The number of hydrogen-bond acceptors (Lipinski definition) is 1. The fourth-order valence-corrected chi connectivity index (χ4v) is 5.09. The summed E-state index contributed by atoms with van der Waals surface area (Å²) in [6, 6.07) is 20.0. The Bertz CT molecular complexity index is 616. The maximum absolute atomic E-state index is 11.2. The first-order valence-electron chi connectivity index (χ1n) is 6.58. The van der Waals surface area contributed by atoms with Crippen LogP contribution < -0.4 is 5.19 Å². The number of carbonyl (C=O) groups is 1. The molecule has 0 aliphatic carbocycles. The van der Waals surface area contributed by atoms with Crippen LogP contribution in [0, 0.1) is 0 Å². The Labute approximate surface area is 120 Å². The SMILES string of the molecule is C[Si](C)(/C(=C\C(=O)O)c1ccccc1)c1ccccc1. The Morgan fingerprint density at radius 1 is 0.950 bits per heavy atom. The zero-order valence-corrected chi connectivity index (χ0v) is 12.7. The molecule has 0 heterocycles. The molecule has 0 saturated heterocycles. The summed E-state index contributed by atoms with van der Waals surface area (Å²) in [5.41, 5.74) is 0.996. The van der Waals surface area contributed by atoms with E-state index in [9.17, 15) is 9.90 Å². The number of aliphatic carboxylic acids is 1. The van der Waals surface area contributed by atoms with Gasteiger partial charge in [-0.15, -0.1) is 0 Å². The lowest BCUT2D eigenvalue weighted by Gasteiger charge is -2.26. The Kier molecular flexibility index (Phi) is 4.20. The molecule has 0 bridgehead atoms. The van der Waals surface area contributed by atoms with Crippen molar-refractivity contribution in [1.82, 2.24) is 0 Å². The van der Waals surface area contributed by atoms with Gasteiger partial charge in [-0.1, -0.05) is 78.9 Å². The van der Waals surface area contributed by atoms with Gasteiger partial charge in [-0.25, -0.2) is 4.79 Å². The highest BCUT2D eigenvalue weighted by Crippen LogP contribution is 2.25. The van der Waals surface area contributed by atoms with Crippen LogP contribution in [-0.2, 0) is 4.79 Å². The first-order chi connectivity index (χ1) is 9.51. The highest BCUT2D eigenvalue weighted by Gasteiger charge is 2.29. The molecule has 0 aliphatic rings. The van der Waals surface area contributed by atoms with Crippen molar-refractivity contribution in [2.24, 2.45) is 0 Å². The Balaban J connectivity index is 2.56. The smallest absolute Gasteiger partial charge is 0.328 e. The molecule has 102 valence electrons. The molecule has 1 N–H and O–H groups in total. The van der Waals surface area contributed by atoms with Gasteiger partial charge in [0.2, 0.25) is 0 Å². The number of carboxylic acids is 1. The maximum Gasteiger partial charge on any atom is 0.328 e. The molecule has 0 aromatic heterocycles. The normalized spacial score (nSPS) is 12.2. The Morgan fingerprint density at radius 3 is 1.95 bits per heavy atom. The number of rotatable bonds is 4. The lowest BCUT2D eigenvalue weighted by Crippen LogP contribution is -2.43. The highest BCUT2D eigenvalue weighted by molar-refractivity contribution is 7.04. The lowest BCUT2D eigenvalue weighted by molar-refractivity contribution is -0.131. The highest BCUT2D eigenvalue weighted by atomic mass is 28.3. The molecule has 2 aromatic carbocycles. The zero-order valence-electron chi connectivity index (χ0n) is 11.7. The maximum atomic E-state index is 11.2. The van der Waals surface area contributed by atoms with Gasteiger partial charge in [0.1, 0.15) is 8.07 Å². The predicted octanol–water partition coefficient (Wildman–Crippen LogP) is 3.31. The average Bonchev–Trinajstić information content (AvgIpc) is 2.46. The second-order valence-corrected chi connectivity index (χ2v) is 9.62. The van der Waals surface area contributed by atoms with E-state index in [4.69, 9.17) is 0 Å². The lowest BCUT2D eigenvalue weighted by atomic mass is 10.2. The van der Waals surface area contributed by atoms with Crippen molar-refractivity contribution in [1.29, 1.82) is 0 Å². The van der Waals surface area contributed by atoms with E-state index in [0.29, 0.717) is 0 Å². The molecular weight excluding hydrogens is 264 g/mol. The minimum Gasteiger partial charge on any atom is -0.478 e. The van der Waals surface area contributed by atoms with Crippen LogP contribution in [0.1, 0.15) is 5.56 Å². The number of hydrogen-bond donors (Lipinski definition) is 1. The summed E-state index contributed by atoms with van der Waals surface area (Å²) in [7, 11) is -2.03. The molecule has 0 spiro atoms. The van der Waals surface area contributed by atoms with Gasteiger partial charge in [-0.3, -0.25) is 0 Å². The van der Waals surface area contributed by atoms with E-state index in [-0.39, 0.29) is 0 Å². The standard InChI is InChI=1S/C17H18O2Si/c1-20(2,15-11-7-4-8-12-15)16(13-17(18)19)14-9-5-3-6-10-14/h3-13H,1-2H3,(H,18,19)/b16-13-. The topological polar surface area (TPSA) is 37.3 Å². The minimum absolute atomic E-state index is 0.889.